The summed E-state index contributed by atoms with van der Waals surface area (Å²) in [6.45, 7) is 0. The van der Waals surface area contributed by atoms with Crippen LogP contribution in [0.25, 0.3) is 22.3 Å². The molecule has 0 unspecified atom stereocenters. The molecule has 0 nitrogen and oxygen atoms in total. The number of rotatable bonds is 3. The molecule has 33 heavy (non-hydrogen) atoms. The summed E-state index contributed by atoms with van der Waals surface area (Å²) in [6, 6.07) is 44.1. The molecule has 0 atom stereocenters. The van der Waals surface area contributed by atoms with Gasteiger partial charge in [0.25, 0.3) is 0 Å². The van der Waals surface area contributed by atoms with E-state index in [1.807, 2.05) is 0 Å². The van der Waals surface area contributed by atoms with Crippen molar-refractivity contribution in [3.63, 3.8) is 0 Å². The Hall–Kier alpha value is -2.94. The first-order chi connectivity index (χ1) is 16.2. The van der Waals surface area contributed by atoms with Gasteiger partial charge in [0, 0.05) is 8.95 Å². The van der Waals surface area contributed by atoms with Gasteiger partial charge in [-0.3, -0.25) is 0 Å². The molecule has 0 spiro atoms. The van der Waals surface area contributed by atoms with E-state index in [1.165, 1.54) is 44.5 Å². The molecule has 2 heteroatoms. The third-order valence-corrected chi connectivity index (χ3v) is 7.71. The van der Waals surface area contributed by atoms with E-state index in [1.54, 1.807) is 0 Å². The minimum atomic E-state index is -0.387. The van der Waals surface area contributed by atoms with Crippen LogP contribution in [0, 0.1) is 0 Å². The van der Waals surface area contributed by atoms with E-state index < -0.39 is 0 Å². The van der Waals surface area contributed by atoms with Gasteiger partial charge in [0.1, 0.15) is 0 Å². The summed E-state index contributed by atoms with van der Waals surface area (Å²) in [5.41, 5.74) is 9.85. The Balaban J connectivity index is 1.73. The van der Waals surface area contributed by atoms with E-state index >= 15 is 0 Å². The van der Waals surface area contributed by atoms with Crippen LogP contribution in [-0.2, 0) is 5.41 Å². The highest BCUT2D eigenvalue weighted by molar-refractivity contribution is 9.10. The summed E-state index contributed by atoms with van der Waals surface area (Å²) in [6.07, 6.45) is 0. The molecule has 158 valence electrons. The quantitative estimate of drug-likeness (QED) is 0.205. The number of halogens is 2. The van der Waals surface area contributed by atoms with Crippen molar-refractivity contribution in [2.45, 2.75) is 5.41 Å². The third kappa shape index (κ3) is 3.24. The Labute approximate surface area is 211 Å². The SMILES string of the molecule is Brc1ccc(-c2ccc3c(c2)C(c2ccccc2)(c2ccccc2)c2cc(Br)ccc2-3)cc1. The van der Waals surface area contributed by atoms with Gasteiger partial charge in [0.05, 0.1) is 5.41 Å². The van der Waals surface area contributed by atoms with Crippen LogP contribution in [0.5, 0.6) is 0 Å². The second-order valence-electron chi connectivity index (χ2n) is 8.44. The lowest BCUT2D eigenvalue weighted by Crippen LogP contribution is -2.28. The summed E-state index contributed by atoms with van der Waals surface area (Å²) in [5, 5.41) is 0. The van der Waals surface area contributed by atoms with E-state index in [4.69, 9.17) is 0 Å². The summed E-state index contributed by atoms with van der Waals surface area (Å²) < 4.78 is 2.19. The van der Waals surface area contributed by atoms with Gasteiger partial charge in [-0.1, -0.05) is 123 Å². The zero-order valence-corrected chi connectivity index (χ0v) is 21.0. The molecule has 0 heterocycles. The first-order valence-corrected chi connectivity index (χ1v) is 12.6. The van der Waals surface area contributed by atoms with Gasteiger partial charge in [-0.25, -0.2) is 0 Å². The van der Waals surface area contributed by atoms with Crippen molar-refractivity contribution >= 4 is 31.9 Å². The van der Waals surface area contributed by atoms with E-state index in [9.17, 15) is 0 Å². The zero-order valence-electron chi connectivity index (χ0n) is 17.8. The molecule has 6 rings (SSSR count). The van der Waals surface area contributed by atoms with Gasteiger partial charge in [-0.15, -0.1) is 0 Å². The second kappa shape index (κ2) is 8.13. The van der Waals surface area contributed by atoms with Gasteiger partial charge in [-0.05, 0) is 74.8 Å². The monoisotopic (exact) mass is 550 g/mol. The Kier molecular flexibility index (Phi) is 5.09. The number of fused-ring (bicyclic) bond motifs is 3. The second-order valence-corrected chi connectivity index (χ2v) is 10.3. The standard InChI is InChI=1S/C31H20Br2/c32-25-14-11-21(12-15-25)22-13-17-27-28-18-16-26(33)20-30(28)31(29(27)19-22,23-7-3-1-4-8-23)24-9-5-2-6-10-24/h1-20H. The van der Waals surface area contributed by atoms with Crippen LogP contribution in [0.15, 0.2) is 130 Å². The molecule has 0 fully saturated rings. The lowest BCUT2D eigenvalue weighted by molar-refractivity contribution is 0.768. The van der Waals surface area contributed by atoms with Crippen LogP contribution in [0.4, 0.5) is 0 Å². The molecule has 5 aromatic carbocycles. The van der Waals surface area contributed by atoms with Gasteiger partial charge in [0.15, 0.2) is 0 Å². The summed E-state index contributed by atoms with van der Waals surface area (Å²) in [4.78, 5) is 0. The van der Waals surface area contributed by atoms with Gasteiger partial charge >= 0.3 is 0 Å². The Morgan fingerprint density at radius 1 is 0.424 bits per heavy atom. The molecule has 1 aliphatic carbocycles. The molecule has 5 aromatic rings. The first-order valence-electron chi connectivity index (χ1n) is 11.0. The van der Waals surface area contributed by atoms with E-state index in [-0.39, 0.29) is 5.41 Å². The topological polar surface area (TPSA) is 0 Å². The van der Waals surface area contributed by atoms with Gasteiger partial charge < -0.3 is 0 Å². The lowest BCUT2D eigenvalue weighted by Gasteiger charge is -2.34. The normalized spacial score (nSPS) is 13.4. The fourth-order valence-electron chi connectivity index (χ4n) is 5.28. The fraction of sp³-hybridized carbons (Fsp3) is 0.0323. The first kappa shape index (κ1) is 20.7. The molecule has 1 aliphatic rings. The van der Waals surface area contributed by atoms with Crippen molar-refractivity contribution < 1.29 is 0 Å². The van der Waals surface area contributed by atoms with E-state index in [0.717, 1.165) is 8.95 Å². The largest absolute Gasteiger partial charge is 0.0714 e. The van der Waals surface area contributed by atoms with Gasteiger partial charge in [0.2, 0.25) is 0 Å². The average molecular weight is 552 g/mol. The molecule has 0 bridgehead atoms. The molecule has 0 amide bonds. The number of hydrogen-bond donors (Lipinski definition) is 0. The summed E-state index contributed by atoms with van der Waals surface area (Å²) in [7, 11) is 0. The van der Waals surface area contributed by atoms with Crippen molar-refractivity contribution in [1.29, 1.82) is 0 Å². The highest BCUT2D eigenvalue weighted by Crippen LogP contribution is 2.57. The van der Waals surface area contributed by atoms with Gasteiger partial charge in [-0.2, -0.15) is 0 Å². The maximum atomic E-state index is 3.76. The fourth-order valence-corrected chi connectivity index (χ4v) is 5.91. The van der Waals surface area contributed by atoms with Crippen LogP contribution in [0.3, 0.4) is 0 Å². The Morgan fingerprint density at radius 3 is 1.52 bits per heavy atom. The van der Waals surface area contributed by atoms with Crippen LogP contribution >= 0.6 is 31.9 Å². The maximum Gasteiger partial charge on any atom is 0.0714 e. The molecule has 0 aromatic heterocycles. The van der Waals surface area contributed by atoms with E-state index in [0.29, 0.717) is 0 Å². The zero-order chi connectivity index (χ0) is 22.4. The van der Waals surface area contributed by atoms with Crippen LogP contribution in [0.2, 0.25) is 0 Å². The third-order valence-electron chi connectivity index (χ3n) is 6.69. The molecule has 0 N–H and O–H groups in total. The van der Waals surface area contributed by atoms with Crippen LogP contribution in [0.1, 0.15) is 22.3 Å². The van der Waals surface area contributed by atoms with Crippen LogP contribution in [-0.4, -0.2) is 0 Å². The highest BCUT2D eigenvalue weighted by atomic mass is 79.9. The average Bonchev–Trinajstić information content (AvgIpc) is 3.15. The van der Waals surface area contributed by atoms with Crippen molar-refractivity contribution in [2.75, 3.05) is 0 Å². The number of hydrogen-bond acceptors (Lipinski definition) is 0. The molecule has 0 saturated carbocycles. The molecular weight excluding hydrogens is 532 g/mol. The molecule has 0 aliphatic heterocycles. The van der Waals surface area contributed by atoms with Crippen molar-refractivity contribution in [3.8, 4) is 22.3 Å². The van der Waals surface area contributed by atoms with Crippen LogP contribution < -0.4 is 0 Å². The van der Waals surface area contributed by atoms with Crippen molar-refractivity contribution in [3.05, 3.63) is 153 Å². The van der Waals surface area contributed by atoms with E-state index in [2.05, 4.69) is 153 Å². The molecule has 0 radical (unpaired) electrons. The Bertz CT molecular complexity index is 1410. The minimum Gasteiger partial charge on any atom is -0.0622 e. The number of benzene rings is 5. The summed E-state index contributed by atoms with van der Waals surface area (Å²) in [5.74, 6) is 0. The highest BCUT2D eigenvalue weighted by Gasteiger charge is 2.46. The summed E-state index contributed by atoms with van der Waals surface area (Å²) >= 11 is 7.33. The van der Waals surface area contributed by atoms with Crippen molar-refractivity contribution in [1.82, 2.24) is 0 Å². The maximum absolute atomic E-state index is 3.76. The van der Waals surface area contributed by atoms with Crippen molar-refractivity contribution in [2.24, 2.45) is 0 Å². The molecule has 0 saturated heterocycles. The Morgan fingerprint density at radius 2 is 0.909 bits per heavy atom. The predicted octanol–water partition coefficient (Wildman–Crippen LogP) is 9.24. The minimum absolute atomic E-state index is 0.387. The smallest absolute Gasteiger partial charge is 0.0622 e. The molecular formula is C31H20Br2. The lowest BCUT2D eigenvalue weighted by atomic mass is 9.67. The predicted molar refractivity (Wildman–Crippen MR) is 145 cm³/mol.